The molecule has 136 valence electrons. The highest BCUT2D eigenvalue weighted by atomic mass is 19.1. The first-order chi connectivity index (χ1) is 13.0. The third kappa shape index (κ3) is 3.54. The quantitative estimate of drug-likeness (QED) is 0.589. The van der Waals surface area contributed by atoms with Crippen molar-refractivity contribution in [3.8, 4) is 0 Å². The van der Waals surface area contributed by atoms with Gasteiger partial charge in [0, 0.05) is 29.1 Å². The SMILES string of the molecule is OC(Cc1ccc2ccccc2n1)(Cn1cncn1)c1ccc(F)cc1F. The molecule has 0 bridgehead atoms. The fraction of sp³-hybridized carbons (Fsp3) is 0.150. The van der Waals surface area contributed by atoms with Gasteiger partial charge in [0.15, 0.2) is 0 Å². The lowest BCUT2D eigenvalue weighted by atomic mass is 9.88. The van der Waals surface area contributed by atoms with Gasteiger partial charge in [0.1, 0.15) is 29.9 Å². The van der Waals surface area contributed by atoms with Crippen LogP contribution >= 0.6 is 0 Å². The Balaban J connectivity index is 1.76. The number of hydrogen-bond acceptors (Lipinski definition) is 4. The van der Waals surface area contributed by atoms with Crippen LogP contribution in [0.5, 0.6) is 0 Å². The molecule has 0 radical (unpaired) electrons. The second kappa shape index (κ2) is 6.85. The summed E-state index contributed by atoms with van der Waals surface area (Å²) in [4.78, 5) is 8.42. The molecule has 27 heavy (non-hydrogen) atoms. The largest absolute Gasteiger partial charge is 0.383 e. The third-order valence-corrected chi connectivity index (χ3v) is 4.45. The maximum absolute atomic E-state index is 14.5. The highest BCUT2D eigenvalue weighted by molar-refractivity contribution is 5.78. The van der Waals surface area contributed by atoms with Gasteiger partial charge in [-0.25, -0.2) is 18.4 Å². The van der Waals surface area contributed by atoms with Crippen LogP contribution in [0.1, 0.15) is 11.3 Å². The Morgan fingerprint density at radius 2 is 1.89 bits per heavy atom. The van der Waals surface area contributed by atoms with E-state index in [-0.39, 0.29) is 18.5 Å². The number of aliphatic hydroxyl groups is 1. The smallest absolute Gasteiger partial charge is 0.137 e. The maximum atomic E-state index is 14.5. The van der Waals surface area contributed by atoms with Crippen LogP contribution in [0, 0.1) is 11.6 Å². The Hall–Kier alpha value is -3.19. The predicted molar refractivity (Wildman–Crippen MR) is 95.7 cm³/mol. The van der Waals surface area contributed by atoms with Gasteiger partial charge < -0.3 is 5.11 Å². The molecule has 0 aliphatic carbocycles. The van der Waals surface area contributed by atoms with Crippen molar-refractivity contribution >= 4 is 10.9 Å². The molecular formula is C20H16F2N4O. The zero-order chi connectivity index (χ0) is 18.9. The molecule has 7 heteroatoms. The Morgan fingerprint density at radius 3 is 2.67 bits per heavy atom. The molecule has 1 unspecified atom stereocenters. The molecule has 4 rings (SSSR count). The number of nitrogens with zero attached hydrogens (tertiary/aromatic N) is 4. The number of para-hydroxylation sites is 1. The van der Waals surface area contributed by atoms with Gasteiger partial charge in [0.05, 0.1) is 12.1 Å². The van der Waals surface area contributed by atoms with Crippen molar-refractivity contribution in [3.05, 3.63) is 90.1 Å². The Morgan fingerprint density at radius 1 is 1.04 bits per heavy atom. The topological polar surface area (TPSA) is 63.8 Å². The fourth-order valence-electron chi connectivity index (χ4n) is 3.19. The summed E-state index contributed by atoms with van der Waals surface area (Å²) >= 11 is 0. The molecule has 1 N–H and O–H groups in total. The number of aromatic nitrogens is 4. The number of pyridine rings is 1. The number of halogens is 2. The molecule has 5 nitrogen and oxygen atoms in total. The first-order valence-electron chi connectivity index (χ1n) is 8.38. The third-order valence-electron chi connectivity index (χ3n) is 4.45. The Bertz CT molecular complexity index is 1080. The average molecular weight is 366 g/mol. The van der Waals surface area contributed by atoms with Crippen molar-refractivity contribution in [2.75, 3.05) is 0 Å². The van der Waals surface area contributed by atoms with Gasteiger partial charge in [0.2, 0.25) is 0 Å². The van der Waals surface area contributed by atoms with Crippen LogP contribution in [-0.2, 0) is 18.6 Å². The van der Waals surface area contributed by atoms with Crippen molar-refractivity contribution in [1.29, 1.82) is 0 Å². The standard InChI is InChI=1S/C20H16F2N4O/c21-15-6-8-17(18(22)9-15)20(27,11-26-13-23-12-24-26)10-16-7-5-14-3-1-2-4-19(14)25-16/h1-9,12-13,27H,10-11H2. The first-order valence-corrected chi connectivity index (χ1v) is 8.38. The van der Waals surface area contributed by atoms with Crippen LogP contribution < -0.4 is 0 Å². The van der Waals surface area contributed by atoms with E-state index >= 15 is 0 Å². The molecule has 2 aromatic carbocycles. The lowest BCUT2D eigenvalue weighted by molar-refractivity contribution is 0.0108. The lowest BCUT2D eigenvalue weighted by Gasteiger charge is -2.29. The number of hydrogen-bond donors (Lipinski definition) is 1. The van der Waals surface area contributed by atoms with Crippen molar-refractivity contribution in [2.45, 2.75) is 18.6 Å². The molecule has 4 aromatic rings. The molecule has 0 fully saturated rings. The monoisotopic (exact) mass is 366 g/mol. The second-order valence-electron chi connectivity index (χ2n) is 6.42. The molecule has 2 heterocycles. The molecule has 2 aromatic heterocycles. The van der Waals surface area contributed by atoms with Gasteiger partial charge in [-0.1, -0.05) is 30.3 Å². The summed E-state index contributed by atoms with van der Waals surface area (Å²) in [6, 6.07) is 14.4. The van der Waals surface area contributed by atoms with Gasteiger partial charge in [0.25, 0.3) is 0 Å². The molecule has 1 atom stereocenters. The van der Waals surface area contributed by atoms with Gasteiger partial charge in [-0.05, 0) is 18.2 Å². The van der Waals surface area contributed by atoms with E-state index in [1.165, 1.54) is 23.4 Å². The van der Waals surface area contributed by atoms with Gasteiger partial charge >= 0.3 is 0 Å². The average Bonchev–Trinajstić information content (AvgIpc) is 3.14. The van der Waals surface area contributed by atoms with Crippen molar-refractivity contribution in [2.24, 2.45) is 0 Å². The van der Waals surface area contributed by atoms with E-state index in [1.807, 2.05) is 30.3 Å². The van der Waals surface area contributed by atoms with Crippen molar-refractivity contribution in [1.82, 2.24) is 19.7 Å². The van der Waals surface area contributed by atoms with Gasteiger partial charge in [-0.3, -0.25) is 4.98 Å². The molecule has 0 amide bonds. The highest BCUT2D eigenvalue weighted by Crippen LogP contribution is 2.30. The molecule has 0 aliphatic heterocycles. The molecule has 0 saturated carbocycles. The van der Waals surface area contributed by atoms with Gasteiger partial charge in [-0.2, -0.15) is 5.10 Å². The molecule has 0 saturated heterocycles. The zero-order valence-corrected chi connectivity index (χ0v) is 14.3. The van der Waals surface area contributed by atoms with Crippen LogP contribution in [-0.4, -0.2) is 24.9 Å². The Kier molecular flexibility index (Phi) is 4.37. The van der Waals surface area contributed by atoms with Crippen LogP contribution in [0.2, 0.25) is 0 Å². The fourth-order valence-corrected chi connectivity index (χ4v) is 3.19. The van der Waals surface area contributed by atoms with E-state index in [1.54, 1.807) is 6.07 Å². The van der Waals surface area contributed by atoms with E-state index in [2.05, 4.69) is 15.1 Å². The summed E-state index contributed by atoms with van der Waals surface area (Å²) in [7, 11) is 0. The predicted octanol–water partition coefficient (Wildman–Crippen LogP) is 3.24. The van der Waals surface area contributed by atoms with E-state index in [0.29, 0.717) is 5.69 Å². The number of benzene rings is 2. The summed E-state index contributed by atoms with van der Waals surface area (Å²) in [5.41, 5.74) is -0.340. The number of fused-ring (bicyclic) bond motifs is 1. The summed E-state index contributed by atoms with van der Waals surface area (Å²) in [6.45, 7) is -0.0515. The van der Waals surface area contributed by atoms with E-state index in [0.717, 1.165) is 23.0 Å². The number of rotatable bonds is 5. The van der Waals surface area contributed by atoms with Crippen LogP contribution in [0.4, 0.5) is 8.78 Å². The van der Waals surface area contributed by atoms with E-state index in [4.69, 9.17) is 0 Å². The maximum Gasteiger partial charge on any atom is 0.137 e. The minimum absolute atomic E-state index is 0.0191. The summed E-state index contributed by atoms with van der Waals surface area (Å²) in [5.74, 6) is -1.53. The zero-order valence-electron chi connectivity index (χ0n) is 14.3. The summed E-state index contributed by atoms with van der Waals surface area (Å²) < 4.78 is 29.2. The molecule has 0 spiro atoms. The lowest BCUT2D eigenvalue weighted by Crippen LogP contribution is -2.35. The normalized spacial score (nSPS) is 13.6. The minimum Gasteiger partial charge on any atom is -0.383 e. The van der Waals surface area contributed by atoms with Crippen LogP contribution in [0.15, 0.2) is 67.3 Å². The van der Waals surface area contributed by atoms with Crippen LogP contribution in [0.25, 0.3) is 10.9 Å². The molecular weight excluding hydrogens is 350 g/mol. The summed E-state index contributed by atoms with van der Waals surface area (Å²) in [5, 5.41) is 16.3. The van der Waals surface area contributed by atoms with Crippen molar-refractivity contribution in [3.63, 3.8) is 0 Å². The molecule has 0 aliphatic rings. The first kappa shape index (κ1) is 17.2. The van der Waals surface area contributed by atoms with Crippen molar-refractivity contribution < 1.29 is 13.9 Å². The van der Waals surface area contributed by atoms with E-state index in [9.17, 15) is 13.9 Å². The van der Waals surface area contributed by atoms with Gasteiger partial charge in [-0.15, -0.1) is 0 Å². The minimum atomic E-state index is -1.68. The van der Waals surface area contributed by atoms with Crippen LogP contribution in [0.3, 0.4) is 0 Å². The second-order valence-corrected chi connectivity index (χ2v) is 6.42. The summed E-state index contributed by atoms with van der Waals surface area (Å²) in [6.07, 6.45) is 2.79. The Labute approximate surface area is 153 Å². The highest BCUT2D eigenvalue weighted by Gasteiger charge is 2.34. The van der Waals surface area contributed by atoms with E-state index < -0.39 is 17.2 Å².